The number of hydrogen-bond acceptors (Lipinski definition) is 4. The molecule has 0 fully saturated rings. The summed E-state index contributed by atoms with van der Waals surface area (Å²) in [4.78, 5) is 12.5. The van der Waals surface area contributed by atoms with Crippen molar-refractivity contribution in [2.24, 2.45) is 0 Å². The number of amides is 1. The molecule has 22 heavy (non-hydrogen) atoms. The van der Waals surface area contributed by atoms with Crippen molar-refractivity contribution in [3.8, 4) is 11.5 Å². The number of methoxy groups -OCH3 is 2. The Labute approximate surface area is 130 Å². The number of nitrogens with one attached hydrogen (secondary N) is 1. The van der Waals surface area contributed by atoms with Gasteiger partial charge >= 0.3 is 0 Å². The molecule has 1 amide bonds. The summed E-state index contributed by atoms with van der Waals surface area (Å²) in [6.07, 6.45) is 1.94. The van der Waals surface area contributed by atoms with Crippen LogP contribution in [0.1, 0.15) is 28.5 Å². The quantitative estimate of drug-likeness (QED) is 0.888. The molecule has 0 aliphatic heterocycles. The molecule has 0 saturated carbocycles. The molecule has 0 aliphatic rings. The van der Waals surface area contributed by atoms with Gasteiger partial charge in [-0.1, -0.05) is 6.07 Å². The summed E-state index contributed by atoms with van der Waals surface area (Å²) < 4.78 is 12.3. The van der Waals surface area contributed by atoms with Crippen LogP contribution >= 0.6 is 0 Å². The number of aryl methyl sites for hydroxylation is 2. The molecule has 0 spiro atoms. The zero-order valence-electron chi connectivity index (χ0n) is 13.3. The molecule has 0 aliphatic carbocycles. The molecule has 1 N–H and O–H groups in total. The number of rotatable bonds is 6. The van der Waals surface area contributed by atoms with E-state index in [0.29, 0.717) is 23.6 Å². The average Bonchev–Trinajstić information content (AvgIpc) is 2.91. The minimum Gasteiger partial charge on any atom is -0.496 e. The Balaban J connectivity index is 2.17. The fourth-order valence-corrected chi connectivity index (χ4v) is 2.23. The number of benzene rings is 1. The molecule has 118 valence electrons. The summed E-state index contributed by atoms with van der Waals surface area (Å²) in [6, 6.07) is 5.25. The molecule has 6 nitrogen and oxygen atoms in total. The highest BCUT2D eigenvalue weighted by molar-refractivity contribution is 5.99. The summed E-state index contributed by atoms with van der Waals surface area (Å²) in [5.74, 6) is 0.730. The first-order valence-corrected chi connectivity index (χ1v) is 7.12. The van der Waals surface area contributed by atoms with Crippen LogP contribution in [0, 0.1) is 6.92 Å². The van der Waals surface area contributed by atoms with Crippen molar-refractivity contribution in [1.82, 2.24) is 15.1 Å². The number of aromatic nitrogens is 2. The number of carbonyl (C=O) groups is 1. The molecule has 0 atom stereocenters. The Kier molecular flexibility index (Phi) is 5.04. The van der Waals surface area contributed by atoms with E-state index in [0.717, 1.165) is 17.8 Å². The Bertz CT molecular complexity index is 642. The minimum atomic E-state index is -0.238. The van der Waals surface area contributed by atoms with E-state index in [1.165, 1.54) is 14.2 Å². The average molecular weight is 303 g/mol. The van der Waals surface area contributed by atoms with Crippen LogP contribution in [0.4, 0.5) is 0 Å². The van der Waals surface area contributed by atoms with Crippen LogP contribution in [0.2, 0.25) is 0 Å². The zero-order chi connectivity index (χ0) is 16.1. The number of nitrogens with zero attached hydrogens (tertiary/aromatic N) is 2. The van der Waals surface area contributed by atoms with E-state index in [9.17, 15) is 4.79 Å². The molecule has 0 radical (unpaired) electrons. The van der Waals surface area contributed by atoms with Gasteiger partial charge in [-0.05, 0) is 26.0 Å². The van der Waals surface area contributed by atoms with Gasteiger partial charge in [-0.25, -0.2) is 0 Å². The first kappa shape index (κ1) is 15.9. The second kappa shape index (κ2) is 6.98. The van der Waals surface area contributed by atoms with Crippen LogP contribution in [0.15, 0.2) is 24.4 Å². The van der Waals surface area contributed by atoms with Crippen molar-refractivity contribution >= 4 is 5.91 Å². The van der Waals surface area contributed by atoms with E-state index in [4.69, 9.17) is 9.47 Å². The minimum absolute atomic E-state index is 0.238. The standard InChI is InChI=1S/C16H21N3O3/c1-5-19-10-12(11(2)18-19)9-17-16(20)15-13(21-3)7-6-8-14(15)22-4/h6-8,10H,5,9H2,1-4H3,(H,17,20). The normalized spacial score (nSPS) is 10.4. The maximum Gasteiger partial charge on any atom is 0.259 e. The van der Waals surface area contributed by atoms with Crippen LogP contribution in [-0.4, -0.2) is 29.9 Å². The molecule has 0 saturated heterocycles. The molecule has 0 unspecified atom stereocenters. The predicted molar refractivity (Wildman–Crippen MR) is 83.4 cm³/mol. The summed E-state index contributed by atoms with van der Waals surface area (Å²) in [7, 11) is 3.06. The molecule has 2 rings (SSSR count). The van der Waals surface area contributed by atoms with Crippen LogP contribution in [-0.2, 0) is 13.1 Å². The van der Waals surface area contributed by atoms with E-state index in [1.807, 2.05) is 24.7 Å². The highest BCUT2D eigenvalue weighted by Crippen LogP contribution is 2.28. The molecular weight excluding hydrogens is 282 g/mol. The van der Waals surface area contributed by atoms with Crippen molar-refractivity contribution < 1.29 is 14.3 Å². The van der Waals surface area contributed by atoms with Gasteiger partial charge in [0.05, 0.1) is 19.9 Å². The Hall–Kier alpha value is -2.50. The van der Waals surface area contributed by atoms with Crippen molar-refractivity contribution in [2.75, 3.05) is 14.2 Å². The van der Waals surface area contributed by atoms with Crippen molar-refractivity contribution in [3.63, 3.8) is 0 Å². The van der Waals surface area contributed by atoms with Gasteiger partial charge in [0.2, 0.25) is 0 Å². The van der Waals surface area contributed by atoms with E-state index < -0.39 is 0 Å². The van der Waals surface area contributed by atoms with Gasteiger partial charge in [-0.3, -0.25) is 9.48 Å². The Morgan fingerprint density at radius 2 is 1.91 bits per heavy atom. The topological polar surface area (TPSA) is 65.4 Å². The molecular formula is C16H21N3O3. The second-order valence-electron chi connectivity index (χ2n) is 4.82. The smallest absolute Gasteiger partial charge is 0.259 e. The van der Waals surface area contributed by atoms with E-state index in [1.54, 1.807) is 18.2 Å². The second-order valence-corrected chi connectivity index (χ2v) is 4.82. The third kappa shape index (κ3) is 3.21. The number of carbonyl (C=O) groups excluding carboxylic acids is 1. The van der Waals surface area contributed by atoms with E-state index >= 15 is 0 Å². The van der Waals surface area contributed by atoms with Crippen molar-refractivity contribution in [2.45, 2.75) is 26.9 Å². The highest BCUT2D eigenvalue weighted by Gasteiger charge is 2.18. The molecule has 0 bridgehead atoms. The molecule has 1 heterocycles. The van der Waals surface area contributed by atoms with Gasteiger partial charge in [-0.15, -0.1) is 0 Å². The third-order valence-corrected chi connectivity index (χ3v) is 3.47. The zero-order valence-corrected chi connectivity index (χ0v) is 13.3. The van der Waals surface area contributed by atoms with Crippen molar-refractivity contribution in [1.29, 1.82) is 0 Å². The fourth-order valence-electron chi connectivity index (χ4n) is 2.23. The van der Waals surface area contributed by atoms with Gasteiger partial charge in [-0.2, -0.15) is 5.10 Å². The number of hydrogen-bond donors (Lipinski definition) is 1. The lowest BCUT2D eigenvalue weighted by molar-refractivity contribution is 0.0944. The fraction of sp³-hybridized carbons (Fsp3) is 0.375. The molecule has 6 heteroatoms. The molecule has 1 aromatic carbocycles. The maximum atomic E-state index is 12.5. The lowest BCUT2D eigenvalue weighted by Gasteiger charge is -2.12. The molecule has 1 aromatic heterocycles. The summed E-state index contributed by atoms with van der Waals surface area (Å²) in [6.45, 7) is 5.16. The Morgan fingerprint density at radius 3 is 2.41 bits per heavy atom. The third-order valence-electron chi connectivity index (χ3n) is 3.47. The van der Waals surface area contributed by atoms with Crippen molar-refractivity contribution in [3.05, 3.63) is 41.2 Å². The lowest BCUT2D eigenvalue weighted by atomic mass is 10.1. The maximum absolute atomic E-state index is 12.5. The first-order valence-electron chi connectivity index (χ1n) is 7.12. The Morgan fingerprint density at radius 1 is 1.27 bits per heavy atom. The SMILES string of the molecule is CCn1cc(CNC(=O)c2c(OC)cccc2OC)c(C)n1. The van der Waals surface area contributed by atoms with E-state index in [-0.39, 0.29) is 5.91 Å². The lowest BCUT2D eigenvalue weighted by Crippen LogP contribution is -2.24. The number of ether oxygens (including phenoxy) is 2. The monoisotopic (exact) mass is 303 g/mol. The first-order chi connectivity index (χ1) is 10.6. The summed E-state index contributed by atoms with van der Waals surface area (Å²) in [5.41, 5.74) is 2.30. The van der Waals surface area contributed by atoms with Crippen LogP contribution < -0.4 is 14.8 Å². The van der Waals surface area contributed by atoms with Crippen LogP contribution in [0.3, 0.4) is 0 Å². The van der Waals surface area contributed by atoms with E-state index in [2.05, 4.69) is 10.4 Å². The van der Waals surface area contributed by atoms with Crippen LogP contribution in [0.25, 0.3) is 0 Å². The summed E-state index contributed by atoms with van der Waals surface area (Å²) >= 11 is 0. The van der Waals surface area contributed by atoms with Crippen LogP contribution in [0.5, 0.6) is 11.5 Å². The van der Waals surface area contributed by atoms with Gasteiger partial charge in [0.1, 0.15) is 17.1 Å². The van der Waals surface area contributed by atoms with Gasteiger partial charge in [0.15, 0.2) is 0 Å². The predicted octanol–water partition coefficient (Wildman–Crippen LogP) is 2.16. The summed E-state index contributed by atoms with van der Waals surface area (Å²) in [5, 5.41) is 7.25. The van der Waals surface area contributed by atoms with Gasteiger partial charge in [0, 0.05) is 24.8 Å². The highest BCUT2D eigenvalue weighted by atomic mass is 16.5. The molecule has 2 aromatic rings. The van der Waals surface area contributed by atoms with Gasteiger partial charge in [0.25, 0.3) is 5.91 Å². The largest absolute Gasteiger partial charge is 0.496 e. The van der Waals surface area contributed by atoms with Gasteiger partial charge < -0.3 is 14.8 Å².